The molecule has 0 N–H and O–H groups in total. The van der Waals surface area contributed by atoms with Crippen LogP contribution in [0.5, 0.6) is 0 Å². The van der Waals surface area contributed by atoms with Crippen molar-refractivity contribution >= 4 is 5.97 Å². The molecule has 3 heteroatoms. The third kappa shape index (κ3) is 1.03. The number of esters is 1. The Balaban J connectivity index is 1.73. The third-order valence-electron chi connectivity index (χ3n) is 6.05. The van der Waals surface area contributed by atoms with Crippen molar-refractivity contribution in [3.05, 3.63) is 12.2 Å². The van der Waals surface area contributed by atoms with Crippen LogP contribution >= 0.6 is 0 Å². The fourth-order valence-corrected chi connectivity index (χ4v) is 5.67. The van der Waals surface area contributed by atoms with Crippen molar-refractivity contribution in [2.45, 2.75) is 12.8 Å². The van der Waals surface area contributed by atoms with Crippen LogP contribution in [-0.4, -0.2) is 13.1 Å². The van der Waals surface area contributed by atoms with Crippen LogP contribution in [0.1, 0.15) is 12.8 Å². The van der Waals surface area contributed by atoms with Crippen molar-refractivity contribution in [2.75, 3.05) is 7.11 Å². The zero-order chi connectivity index (χ0) is 12.4. The molecule has 0 spiro atoms. The van der Waals surface area contributed by atoms with E-state index in [0.717, 1.165) is 6.42 Å². The van der Waals surface area contributed by atoms with Crippen molar-refractivity contribution in [2.24, 2.45) is 47.3 Å². The van der Waals surface area contributed by atoms with Gasteiger partial charge in [0.2, 0.25) is 0 Å². The van der Waals surface area contributed by atoms with Gasteiger partial charge in [-0.25, -0.2) is 0 Å². The first-order chi connectivity index (χ1) is 8.76. The molecule has 3 saturated carbocycles. The summed E-state index contributed by atoms with van der Waals surface area (Å²) < 4.78 is 4.94. The molecule has 0 amide bonds. The number of rotatable bonds is 1. The molecule has 0 aromatic rings. The molecule has 4 bridgehead atoms. The van der Waals surface area contributed by atoms with E-state index in [-0.39, 0.29) is 17.8 Å². The standard InChI is InChI=1S/C15H17NO2/c1-18-15(17)14-10-5-9(11(14)6-16)12-7-2-3-8(4-7)13(10)12/h2-3,7-14H,4-5H2,1H3. The number of nitriles is 1. The Morgan fingerprint density at radius 3 is 2.50 bits per heavy atom. The van der Waals surface area contributed by atoms with E-state index in [1.165, 1.54) is 13.5 Å². The summed E-state index contributed by atoms with van der Waals surface area (Å²) in [6.07, 6.45) is 7.03. The van der Waals surface area contributed by atoms with Crippen LogP contribution in [-0.2, 0) is 9.53 Å². The molecule has 4 aliphatic rings. The summed E-state index contributed by atoms with van der Waals surface area (Å²) in [5.41, 5.74) is 0. The maximum Gasteiger partial charge on any atom is 0.310 e. The molecule has 94 valence electrons. The maximum absolute atomic E-state index is 12.0. The Labute approximate surface area is 107 Å². The van der Waals surface area contributed by atoms with Gasteiger partial charge in [-0.3, -0.25) is 4.79 Å². The van der Waals surface area contributed by atoms with E-state index < -0.39 is 0 Å². The second kappa shape index (κ2) is 3.38. The summed E-state index contributed by atoms with van der Waals surface area (Å²) in [5, 5.41) is 9.42. The van der Waals surface area contributed by atoms with Gasteiger partial charge in [-0.1, -0.05) is 12.2 Å². The number of hydrogen-bond acceptors (Lipinski definition) is 3. The Morgan fingerprint density at radius 1 is 1.22 bits per heavy atom. The SMILES string of the molecule is COC(=O)C1C(C#N)C2CC1C1C3C=CC(C3)C21. The van der Waals surface area contributed by atoms with Crippen LogP contribution in [0.3, 0.4) is 0 Å². The lowest BCUT2D eigenvalue weighted by atomic mass is 9.65. The highest BCUT2D eigenvalue weighted by Gasteiger charge is 2.66. The van der Waals surface area contributed by atoms with Gasteiger partial charge < -0.3 is 4.74 Å². The van der Waals surface area contributed by atoms with Crippen LogP contribution in [0.25, 0.3) is 0 Å². The summed E-state index contributed by atoms with van der Waals surface area (Å²) in [6.45, 7) is 0. The van der Waals surface area contributed by atoms with E-state index >= 15 is 0 Å². The van der Waals surface area contributed by atoms with Gasteiger partial charge in [-0.15, -0.1) is 0 Å². The minimum absolute atomic E-state index is 0.101. The summed E-state index contributed by atoms with van der Waals surface area (Å²) >= 11 is 0. The zero-order valence-electron chi connectivity index (χ0n) is 10.5. The molecule has 3 fully saturated rings. The summed E-state index contributed by atoms with van der Waals surface area (Å²) in [7, 11) is 1.45. The predicted octanol–water partition coefficient (Wildman–Crippen LogP) is 2.00. The molecule has 0 heterocycles. The van der Waals surface area contributed by atoms with Crippen molar-refractivity contribution in [3.8, 4) is 6.07 Å². The smallest absolute Gasteiger partial charge is 0.310 e. The first kappa shape index (κ1) is 10.6. The maximum atomic E-state index is 12.0. The average Bonchev–Trinajstić information content (AvgIpc) is 3.12. The number of hydrogen-bond donors (Lipinski definition) is 0. The van der Waals surface area contributed by atoms with E-state index in [9.17, 15) is 10.1 Å². The van der Waals surface area contributed by atoms with Gasteiger partial charge in [-0.05, 0) is 48.3 Å². The molecule has 0 radical (unpaired) electrons. The number of methoxy groups -OCH3 is 1. The monoisotopic (exact) mass is 243 g/mol. The molecule has 18 heavy (non-hydrogen) atoms. The van der Waals surface area contributed by atoms with Crippen LogP contribution in [0, 0.1) is 58.7 Å². The fourth-order valence-electron chi connectivity index (χ4n) is 5.67. The number of nitrogens with zero attached hydrogens (tertiary/aromatic N) is 1. The molecule has 4 rings (SSSR count). The lowest BCUT2D eigenvalue weighted by molar-refractivity contribution is -0.150. The number of fused-ring (bicyclic) bond motifs is 9. The molecule has 4 aliphatic carbocycles. The second-order valence-electron chi connectivity index (χ2n) is 6.37. The van der Waals surface area contributed by atoms with Gasteiger partial charge in [0.05, 0.1) is 25.0 Å². The molecular weight excluding hydrogens is 226 g/mol. The molecule has 0 saturated heterocycles. The lowest BCUT2D eigenvalue weighted by Crippen LogP contribution is -2.40. The van der Waals surface area contributed by atoms with Crippen molar-refractivity contribution in [1.29, 1.82) is 5.26 Å². The van der Waals surface area contributed by atoms with Crippen molar-refractivity contribution < 1.29 is 9.53 Å². The average molecular weight is 243 g/mol. The highest BCUT2D eigenvalue weighted by molar-refractivity contribution is 5.74. The van der Waals surface area contributed by atoms with Crippen LogP contribution < -0.4 is 0 Å². The molecule has 0 aliphatic heterocycles. The van der Waals surface area contributed by atoms with E-state index in [2.05, 4.69) is 18.2 Å². The van der Waals surface area contributed by atoms with E-state index in [1.54, 1.807) is 0 Å². The summed E-state index contributed by atoms with van der Waals surface area (Å²) in [5.74, 6) is 3.11. The van der Waals surface area contributed by atoms with E-state index in [1.807, 2.05) is 0 Å². The first-order valence-corrected chi connectivity index (χ1v) is 6.92. The predicted molar refractivity (Wildman–Crippen MR) is 63.9 cm³/mol. The molecule has 8 atom stereocenters. The van der Waals surface area contributed by atoms with Crippen LogP contribution in [0.2, 0.25) is 0 Å². The first-order valence-electron chi connectivity index (χ1n) is 6.92. The lowest BCUT2D eigenvalue weighted by Gasteiger charge is -2.38. The molecular formula is C15H17NO2. The largest absolute Gasteiger partial charge is 0.469 e. The van der Waals surface area contributed by atoms with E-state index in [4.69, 9.17) is 4.74 Å². The van der Waals surface area contributed by atoms with Gasteiger partial charge in [0, 0.05) is 0 Å². The number of carbonyl (C=O) groups excluding carboxylic acids is 1. The third-order valence-corrected chi connectivity index (χ3v) is 6.05. The number of ether oxygens (including phenoxy) is 1. The minimum Gasteiger partial charge on any atom is -0.469 e. The summed E-state index contributed by atoms with van der Waals surface area (Å²) in [4.78, 5) is 12.0. The number of carbonyl (C=O) groups is 1. The minimum atomic E-state index is -0.154. The molecule has 0 aromatic carbocycles. The van der Waals surface area contributed by atoms with Gasteiger partial charge in [-0.2, -0.15) is 5.26 Å². The molecule has 8 unspecified atom stereocenters. The Kier molecular flexibility index (Phi) is 1.99. The zero-order valence-corrected chi connectivity index (χ0v) is 10.5. The van der Waals surface area contributed by atoms with Gasteiger partial charge >= 0.3 is 5.97 Å². The Morgan fingerprint density at radius 2 is 1.89 bits per heavy atom. The fraction of sp³-hybridized carbons (Fsp3) is 0.733. The second-order valence-corrected chi connectivity index (χ2v) is 6.37. The number of allylic oxidation sites excluding steroid dienone is 2. The quantitative estimate of drug-likeness (QED) is 0.402. The summed E-state index contributed by atoms with van der Waals surface area (Å²) in [6, 6.07) is 2.41. The Bertz CT molecular complexity index is 477. The van der Waals surface area contributed by atoms with Crippen LogP contribution in [0.15, 0.2) is 12.2 Å². The highest BCUT2D eigenvalue weighted by Crippen LogP contribution is 2.68. The van der Waals surface area contributed by atoms with Gasteiger partial charge in [0.25, 0.3) is 0 Å². The van der Waals surface area contributed by atoms with Crippen molar-refractivity contribution in [1.82, 2.24) is 0 Å². The van der Waals surface area contributed by atoms with E-state index in [0.29, 0.717) is 35.5 Å². The topological polar surface area (TPSA) is 50.1 Å². The molecule has 0 aromatic heterocycles. The van der Waals surface area contributed by atoms with Crippen molar-refractivity contribution in [3.63, 3.8) is 0 Å². The molecule has 3 nitrogen and oxygen atoms in total. The van der Waals surface area contributed by atoms with Gasteiger partial charge in [0.15, 0.2) is 0 Å². The highest BCUT2D eigenvalue weighted by atomic mass is 16.5. The Hall–Kier alpha value is -1.30. The van der Waals surface area contributed by atoms with Gasteiger partial charge in [0.1, 0.15) is 0 Å². The van der Waals surface area contributed by atoms with Crippen LogP contribution in [0.4, 0.5) is 0 Å². The normalized spacial score (nSPS) is 54.4.